The van der Waals surface area contributed by atoms with Crippen molar-refractivity contribution < 1.29 is 4.79 Å². The van der Waals surface area contributed by atoms with Crippen molar-refractivity contribution >= 4 is 5.91 Å². The molecule has 0 spiro atoms. The molecule has 1 atom stereocenters. The van der Waals surface area contributed by atoms with Crippen molar-refractivity contribution in [2.45, 2.75) is 26.4 Å². The van der Waals surface area contributed by atoms with E-state index in [2.05, 4.69) is 10.3 Å². The Morgan fingerprint density at radius 2 is 2.50 bits per heavy atom. The number of rotatable bonds is 5. The van der Waals surface area contributed by atoms with Gasteiger partial charge in [-0.25, -0.2) is 4.98 Å². The molecule has 0 saturated carbocycles. The molecule has 1 aromatic rings. The highest BCUT2D eigenvalue weighted by atomic mass is 16.1. The zero-order chi connectivity index (χ0) is 10.6. The summed E-state index contributed by atoms with van der Waals surface area (Å²) in [6.45, 7) is 5.38. The van der Waals surface area contributed by atoms with Gasteiger partial charge in [0.2, 0.25) is 5.91 Å². The number of carbonyl (C=O) groups excluding carboxylic acids is 1. The van der Waals surface area contributed by atoms with Crippen molar-refractivity contribution in [1.29, 1.82) is 0 Å². The second kappa shape index (κ2) is 4.76. The van der Waals surface area contributed by atoms with E-state index in [0.29, 0.717) is 6.54 Å². The first kappa shape index (κ1) is 10.7. The first-order valence-electron chi connectivity index (χ1n) is 4.67. The molecule has 0 aliphatic rings. The molecule has 14 heavy (non-hydrogen) atoms. The lowest BCUT2D eigenvalue weighted by Gasteiger charge is -2.13. The van der Waals surface area contributed by atoms with Gasteiger partial charge in [-0.05, 0) is 13.5 Å². The van der Waals surface area contributed by atoms with Gasteiger partial charge in [0.25, 0.3) is 0 Å². The van der Waals surface area contributed by atoms with Crippen LogP contribution in [-0.2, 0) is 11.3 Å². The summed E-state index contributed by atoms with van der Waals surface area (Å²) in [5.74, 6) is -0.347. The molecule has 78 valence electrons. The van der Waals surface area contributed by atoms with Crippen LogP contribution in [-0.4, -0.2) is 22.0 Å². The average molecular weight is 196 g/mol. The molecule has 0 radical (unpaired) electrons. The van der Waals surface area contributed by atoms with Crippen LogP contribution < -0.4 is 11.1 Å². The maximum absolute atomic E-state index is 11.0. The summed E-state index contributed by atoms with van der Waals surface area (Å²) in [4.78, 5) is 15.0. The van der Waals surface area contributed by atoms with Crippen LogP contribution in [0.3, 0.4) is 0 Å². The number of aromatic nitrogens is 2. The van der Waals surface area contributed by atoms with Gasteiger partial charge in [-0.15, -0.1) is 0 Å². The highest BCUT2D eigenvalue weighted by molar-refractivity contribution is 5.77. The summed E-state index contributed by atoms with van der Waals surface area (Å²) < 4.78 is 1.78. The summed E-state index contributed by atoms with van der Waals surface area (Å²) >= 11 is 0. The molecule has 1 heterocycles. The third-order valence-electron chi connectivity index (χ3n) is 2.13. The van der Waals surface area contributed by atoms with Crippen molar-refractivity contribution in [3.05, 3.63) is 18.2 Å². The van der Waals surface area contributed by atoms with E-state index in [1.165, 1.54) is 0 Å². The summed E-state index contributed by atoms with van der Waals surface area (Å²) in [7, 11) is 0. The lowest BCUT2D eigenvalue weighted by Crippen LogP contribution is -2.26. The predicted octanol–water partition coefficient (Wildman–Crippen LogP) is 0.0389. The molecule has 0 bridgehead atoms. The number of hydrogen-bond acceptors (Lipinski definition) is 3. The Labute approximate surface area is 83.3 Å². The van der Waals surface area contributed by atoms with E-state index in [-0.39, 0.29) is 11.9 Å². The molecular weight excluding hydrogens is 180 g/mol. The third-order valence-corrected chi connectivity index (χ3v) is 2.13. The van der Waals surface area contributed by atoms with Crippen LogP contribution in [0.1, 0.15) is 25.6 Å². The van der Waals surface area contributed by atoms with Crippen molar-refractivity contribution in [2.24, 2.45) is 5.73 Å². The smallest absolute Gasteiger partial charge is 0.240 e. The van der Waals surface area contributed by atoms with Gasteiger partial charge >= 0.3 is 0 Å². The molecule has 5 nitrogen and oxygen atoms in total. The van der Waals surface area contributed by atoms with E-state index in [1.54, 1.807) is 24.0 Å². The molecule has 3 N–H and O–H groups in total. The molecule has 1 unspecified atom stereocenters. The number of amides is 1. The van der Waals surface area contributed by atoms with E-state index >= 15 is 0 Å². The van der Waals surface area contributed by atoms with Gasteiger partial charge in [0.1, 0.15) is 6.04 Å². The minimum Gasteiger partial charge on any atom is -0.368 e. The van der Waals surface area contributed by atoms with Gasteiger partial charge in [-0.1, -0.05) is 6.92 Å². The zero-order valence-electron chi connectivity index (χ0n) is 8.53. The molecule has 0 aliphatic carbocycles. The molecule has 5 heteroatoms. The molecule has 0 saturated heterocycles. The number of carbonyl (C=O) groups is 1. The molecule has 1 rings (SSSR count). The minimum atomic E-state index is -0.347. The molecule has 0 fully saturated rings. The van der Waals surface area contributed by atoms with E-state index in [4.69, 9.17) is 5.73 Å². The summed E-state index contributed by atoms with van der Waals surface area (Å²) in [5, 5.41) is 3.17. The fourth-order valence-corrected chi connectivity index (χ4v) is 1.21. The van der Waals surface area contributed by atoms with E-state index in [9.17, 15) is 4.79 Å². The quantitative estimate of drug-likeness (QED) is 0.698. The molecular formula is C9H16N4O. The first-order valence-corrected chi connectivity index (χ1v) is 4.67. The zero-order valence-corrected chi connectivity index (χ0v) is 8.53. The van der Waals surface area contributed by atoms with Gasteiger partial charge in [0.15, 0.2) is 0 Å². The van der Waals surface area contributed by atoms with Gasteiger partial charge in [-0.3, -0.25) is 4.79 Å². The Morgan fingerprint density at radius 3 is 3.07 bits per heavy atom. The van der Waals surface area contributed by atoms with Crippen molar-refractivity contribution in [3.8, 4) is 0 Å². The van der Waals surface area contributed by atoms with Crippen molar-refractivity contribution in [3.63, 3.8) is 0 Å². The van der Waals surface area contributed by atoms with E-state index in [1.807, 2.05) is 6.92 Å². The van der Waals surface area contributed by atoms with E-state index < -0.39 is 0 Å². The SMILES string of the molecule is CCNCc1cncn1C(C)C(N)=O. The highest BCUT2D eigenvalue weighted by Crippen LogP contribution is 2.08. The monoisotopic (exact) mass is 196 g/mol. The molecule has 1 aromatic heterocycles. The number of primary amides is 1. The summed E-state index contributed by atoms with van der Waals surface area (Å²) in [6, 6.07) is -0.342. The van der Waals surface area contributed by atoms with E-state index in [0.717, 1.165) is 12.2 Å². The number of imidazole rings is 1. The van der Waals surface area contributed by atoms with Crippen LogP contribution in [0.2, 0.25) is 0 Å². The lowest BCUT2D eigenvalue weighted by atomic mass is 10.3. The Hall–Kier alpha value is -1.36. The van der Waals surface area contributed by atoms with Crippen LogP contribution in [0.25, 0.3) is 0 Å². The lowest BCUT2D eigenvalue weighted by molar-refractivity contribution is -0.120. The maximum Gasteiger partial charge on any atom is 0.240 e. The number of nitrogens with one attached hydrogen (secondary N) is 1. The van der Waals surface area contributed by atoms with Crippen LogP contribution in [0.5, 0.6) is 0 Å². The average Bonchev–Trinajstić information content (AvgIpc) is 2.61. The topological polar surface area (TPSA) is 72.9 Å². The maximum atomic E-state index is 11.0. The predicted molar refractivity (Wildman–Crippen MR) is 53.5 cm³/mol. The van der Waals surface area contributed by atoms with Gasteiger partial charge < -0.3 is 15.6 Å². The fourth-order valence-electron chi connectivity index (χ4n) is 1.21. The van der Waals surface area contributed by atoms with Crippen LogP contribution in [0, 0.1) is 0 Å². The Morgan fingerprint density at radius 1 is 1.79 bits per heavy atom. The number of nitrogens with zero attached hydrogens (tertiary/aromatic N) is 2. The van der Waals surface area contributed by atoms with Crippen LogP contribution >= 0.6 is 0 Å². The summed E-state index contributed by atoms with van der Waals surface area (Å²) in [5.41, 5.74) is 6.19. The number of hydrogen-bond donors (Lipinski definition) is 2. The third kappa shape index (κ3) is 2.32. The molecule has 0 aliphatic heterocycles. The molecule has 0 aromatic carbocycles. The largest absolute Gasteiger partial charge is 0.368 e. The van der Waals surface area contributed by atoms with Crippen molar-refractivity contribution in [2.75, 3.05) is 6.54 Å². The Kier molecular flexibility index (Phi) is 3.64. The summed E-state index contributed by atoms with van der Waals surface area (Å²) in [6.07, 6.45) is 3.37. The standard InChI is InChI=1S/C9H16N4O/c1-3-11-4-8-5-12-6-13(8)7(2)9(10)14/h5-7,11H,3-4H2,1-2H3,(H2,10,14). The van der Waals surface area contributed by atoms with Gasteiger partial charge in [0, 0.05) is 12.7 Å². The van der Waals surface area contributed by atoms with Gasteiger partial charge in [0.05, 0.1) is 12.0 Å². The van der Waals surface area contributed by atoms with Crippen LogP contribution in [0.15, 0.2) is 12.5 Å². The highest BCUT2D eigenvalue weighted by Gasteiger charge is 2.13. The Bertz CT molecular complexity index is 308. The van der Waals surface area contributed by atoms with Crippen molar-refractivity contribution in [1.82, 2.24) is 14.9 Å². The fraction of sp³-hybridized carbons (Fsp3) is 0.556. The molecule has 1 amide bonds. The minimum absolute atomic E-state index is 0.342. The Balaban J connectivity index is 2.76. The second-order valence-electron chi connectivity index (χ2n) is 3.15. The van der Waals surface area contributed by atoms with Gasteiger partial charge in [-0.2, -0.15) is 0 Å². The number of nitrogens with two attached hydrogens (primary N) is 1. The first-order chi connectivity index (χ1) is 6.66. The normalized spacial score (nSPS) is 12.7. The van der Waals surface area contributed by atoms with Crippen LogP contribution in [0.4, 0.5) is 0 Å². The second-order valence-corrected chi connectivity index (χ2v) is 3.15.